The van der Waals surface area contributed by atoms with Crippen LogP contribution in [0.15, 0.2) is 40.9 Å². The lowest BCUT2D eigenvalue weighted by molar-refractivity contribution is 0.102. The number of nitrogens with one attached hydrogen (secondary N) is 2. The van der Waals surface area contributed by atoms with Crippen molar-refractivity contribution in [3.8, 4) is 5.75 Å². The van der Waals surface area contributed by atoms with E-state index < -0.39 is 0 Å². The molecule has 5 nitrogen and oxygen atoms in total. The van der Waals surface area contributed by atoms with E-state index in [1.54, 1.807) is 25.3 Å². The van der Waals surface area contributed by atoms with Crippen LogP contribution in [-0.2, 0) is 0 Å². The van der Waals surface area contributed by atoms with Crippen molar-refractivity contribution < 1.29 is 9.53 Å². The third-order valence-corrected chi connectivity index (χ3v) is 3.40. The predicted octanol–water partition coefficient (Wildman–Crippen LogP) is 3.30. The maximum absolute atomic E-state index is 12.4. The maximum atomic E-state index is 12.4. The van der Waals surface area contributed by atoms with Gasteiger partial charge in [-0.3, -0.25) is 10.6 Å². The van der Waals surface area contributed by atoms with Gasteiger partial charge in [0.1, 0.15) is 5.75 Å². The van der Waals surface area contributed by atoms with Gasteiger partial charge in [-0.2, -0.15) is 0 Å². The van der Waals surface area contributed by atoms with Crippen LogP contribution in [0.5, 0.6) is 5.75 Å². The second-order valence-corrected chi connectivity index (χ2v) is 5.44. The number of nitrogen functional groups attached to an aromatic ring is 1. The molecule has 0 spiro atoms. The normalized spacial score (nSPS) is 10.1. The summed E-state index contributed by atoms with van der Waals surface area (Å²) in [5.74, 6) is 5.87. The van der Waals surface area contributed by atoms with Gasteiger partial charge < -0.3 is 15.5 Å². The molecule has 2 rings (SSSR count). The molecule has 0 radical (unpaired) electrons. The molecule has 4 N–H and O–H groups in total. The molecule has 110 valence electrons. The number of amides is 1. The van der Waals surface area contributed by atoms with Crippen molar-refractivity contribution >= 4 is 33.2 Å². The second kappa shape index (κ2) is 6.60. The number of hydrazine groups is 1. The van der Waals surface area contributed by atoms with Crippen LogP contribution in [0.25, 0.3) is 0 Å². The van der Waals surface area contributed by atoms with Gasteiger partial charge in [0.15, 0.2) is 0 Å². The number of carbonyl (C=O) groups excluding carboxylic acids is 1. The van der Waals surface area contributed by atoms with E-state index in [0.29, 0.717) is 22.7 Å². The molecule has 0 aliphatic carbocycles. The molecule has 21 heavy (non-hydrogen) atoms. The lowest BCUT2D eigenvalue weighted by Crippen LogP contribution is -2.17. The molecular formula is C15H16BrN3O2. The molecule has 0 atom stereocenters. The van der Waals surface area contributed by atoms with E-state index in [4.69, 9.17) is 10.6 Å². The maximum Gasteiger partial charge on any atom is 0.257 e. The van der Waals surface area contributed by atoms with E-state index in [-0.39, 0.29) is 5.91 Å². The Kier molecular flexibility index (Phi) is 4.82. The highest BCUT2D eigenvalue weighted by Crippen LogP contribution is 2.25. The average molecular weight is 350 g/mol. The number of aryl methyl sites for hydroxylation is 1. The third kappa shape index (κ3) is 3.74. The summed E-state index contributed by atoms with van der Waals surface area (Å²) >= 11 is 3.37. The number of ether oxygens (including phenoxy) is 1. The molecule has 0 saturated carbocycles. The van der Waals surface area contributed by atoms with Gasteiger partial charge in [-0.05, 0) is 36.8 Å². The minimum atomic E-state index is -0.247. The molecule has 6 heteroatoms. The molecule has 2 aromatic carbocycles. The van der Waals surface area contributed by atoms with Gasteiger partial charge >= 0.3 is 0 Å². The number of nitrogens with two attached hydrogens (primary N) is 1. The fourth-order valence-electron chi connectivity index (χ4n) is 1.93. The molecule has 1 amide bonds. The van der Waals surface area contributed by atoms with Gasteiger partial charge in [-0.1, -0.05) is 22.0 Å². The van der Waals surface area contributed by atoms with Gasteiger partial charge in [0, 0.05) is 16.2 Å². The Morgan fingerprint density at radius 2 is 2.00 bits per heavy atom. The number of rotatable bonds is 4. The summed E-state index contributed by atoms with van der Waals surface area (Å²) in [6, 6.07) is 10.8. The number of hydrogen-bond donors (Lipinski definition) is 3. The molecule has 0 saturated heterocycles. The standard InChI is InChI=1S/C15H16BrN3O2/c1-9-3-4-13(14(5-9)19-17)15(20)18-11-6-10(16)7-12(8-11)21-2/h3-8,19H,17H2,1-2H3,(H,18,20). The first-order valence-corrected chi connectivity index (χ1v) is 7.06. The number of halogens is 1. The molecule has 0 bridgehead atoms. The van der Waals surface area contributed by atoms with Crippen LogP contribution in [-0.4, -0.2) is 13.0 Å². The molecule has 0 aromatic heterocycles. The lowest BCUT2D eigenvalue weighted by Gasteiger charge is -2.11. The second-order valence-electron chi connectivity index (χ2n) is 4.53. The summed E-state index contributed by atoms with van der Waals surface area (Å²) in [7, 11) is 1.57. The highest BCUT2D eigenvalue weighted by molar-refractivity contribution is 9.10. The van der Waals surface area contributed by atoms with Gasteiger partial charge in [0.05, 0.1) is 18.4 Å². The Bertz CT molecular complexity index is 674. The van der Waals surface area contributed by atoms with Crippen molar-refractivity contribution in [3.63, 3.8) is 0 Å². The monoisotopic (exact) mass is 349 g/mol. The van der Waals surface area contributed by atoms with E-state index in [0.717, 1.165) is 10.0 Å². The lowest BCUT2D eigenvalue weighted by atomic mass is 10.1. The van der Waals surface area contributed by atoms with Gasteiger partial charge in [-0.25, -0.2) is 0 Å². The highest BCUT2D eigenvalue weighted by atomic mass is 79.9. The van der Waals surface area contributed by atoms with E-state index in [1.807, 2.05) is 25.1 Å². The number of anilines is 2. The number of methoxy groups -OCH3 is 1. The van der Waals surface area contributed by atoms with E-state index >= 15 is 0 Å². The molecule has 0 unspecified atom stereocenters. The SMILES string of the molecule is COc1cc(Br)cc(NC(=O)c2ccc(C)cc2NN)c1. The van der Waals surface area contributed by atoms with Gasteiger partial charge in [0.2, 0.25) is 0 Å². The van der Waals surface area contributed by atoms with E-state index in [9.17, 15) is 4.79 Å². The zero-order valence-electron chi connectivity index (χ0n) is 11.7. The smallest absolute Gasteiger partial charge is 0.257 e. The quantitative estimate of drug-likeness (QED) is 0.584. The number of carbonyl (C=O) groups is 1. The first-order chi connectivity index (χ1) is 10.0. The van der Waals surface area contributed by atoms with Crippen LogP contribution in [0.4, 0.5) is 11.4 Å². The van der Waals surface area contributed by atoms with Crippen molar-refractivity contribution in [2.75, 3.05) is 17.9 Å². The molecule has 2 aromatic rings. The fraction of sp³-hybridized carbons (Fsp3) is 0.133. The fourth-order valence-corrected chi connectivity index (χ4v) is 2.40. The Balaban J connectivity index is 2.28. The summed E-state index contributed by atoms with van der Waals surface area (Å²) in [5.41, 5.74) is 5.25. The summed E-state index contributed by atoms with van der Waals surface area (Å²) in [6.07, 6.45) is 0. The Morgan fingerprint density at radius 1 is 1.24 bits per heavy atom. The summed E-state index contributed by atoms with van der Waals surface area (Å²) in [6.45, 7) is 1.93. The largest absolute Gasteiger partial charge is 0.497 e. The molecular weight excluding hydrogens is 334 g/mol. The number of benzene rings is 2. The molecule has 0 aliphatic heterocycles. The Hall–Kier alpha value is -2.05. The van der Waals surface area contributed by atoms with Gasteiger partial charge in [0.25, 0.3) is 5.91 Å². The average Bonchev–Trinajstić information content (AvgIpc) is 2.46. The minimum Gasteiger partial charge on any atom is -0.497 e. The summed E-state index contributed by atoms with van der Waals surface area (Å²) in [4.78, 5) is 12.4. The number of hydrogen-bond acceptors (Lipinski definition) is 4. The van der Waals surface area contributed by atoms with Crippen LogP contribution in [0.3, 0.4) is 0 Å². The van der Waals surface area contributed by atoms with E-state index in [1.165, 1.54) is 0 Å². The zero-order valence-corrected chi connectivity index (χ0v) is 13.3. The first kappa shape index (κ1) is 15.3. The molecule has 0 aliphatic rings. The Morgan fingerprint density at radius 3 is 2.67 bits per heavy atom. The Labute approximate surface area is 131 Å². The highest BCUT2D eigenvalue weighted by Gasteiger charge is 2.12. The van der Waals surface area contributed by atoms with Crippen molar-refractivity contribution in [1.29, 1.82) is 0 Å². The van der Waals surface area contributed by atoms with E-state index in [2.05, 4.69) is 26.7 Å². The minimum absolute atomic E-state index is 0.247. The van der Waals surface area contributed by atoms with Gasteiger partial charge in [-0.15, -0.1) is 0 Å². The first-order valence-electron chi connectivity index (χ1n) is 6.26. The van der Waals surface area contributed by atoms with Crippen molar-refractivity contribution in [2.24, 2.45) is 5.84 Å². The van der Waals surface area contributed by atoms with Crippen LogP contribution < -0.4 is 21.3 Å². The summed E-state index contributed by atoms with van der Waals surface area (Å²) < 4.78 is 5.99. The zero-order chi connectivity index (χ0) is 15.4. The van der Waals surface area contributed by atoms with Crippen LogP contribution in [0, 0.1) is 6.92 Å². The molecule has 0 heterocycles. The predicted molar refractivity (Wildman–Crippen MR) is 87.6 cm³/mol. The topological polar surface area (TPSA) is 76.4 Å². The van der Waals surface area contributed by atoms with Crippen molar-refractivity contribution in [1.82, 2.24) is 0 Å². The van der Waals surface area contributed by atoms with Crippen LogP contribution in [0.2, 0.25) is 0 Å². The van der Waals surface area contributed by atoms with Crippen molar-refractivity contribution in [3.05, 3.63) is 52.0 Å². The molecule has 0 fully saturated rings. The third-order valence-electron chi connectivity index (χ3n) is 2.94. The summed E-state index contributed by atoms with van der Waals surface area (Å²) in [5, 5.41) is 2.82. The van der Waals surface area contributed by atoms with Crippen molar-refractivity contribution in [2.45, 2.75) is 6.92 Å². The van der Waals surface area contributed by atoms with Crippen LogP contribution in [0.1, 0.15) is 15.9 Å². The van der Waals surface area contributed by atoms with Crippen LogP contribution >= 0.6 is 15.9 Å².